The quantitative estimate of drug-likeness (QED) is 0.805. The summed E-state index contributed by atoms with van der Waals surface area (Å²) >= 11 is 0. The Morgan fingerprint density at radius 1 is 1.44 bits per heavy atom. The number of hydrogen-bond donors (Lipinski definition) is 1. The molecule has 0 amide bonds. The van der Waals surface area contributed by atoms with Crippen molar-refractivity contribution in [1.29, 1.82) is 0 Å². The molecule has 96 valence electrons. The van der Waals surface area contributed by atoms with Gasteiger partial charge in [0.15, 0.2) is 9.84 Å². The number of nitrogens with two attached hydrogens (primary N) is 1. The maximum absolute atomic E-state index is 12.1. The van der Waals surface area contributed by atoms with Gasteiger partial charge in [-0.2, -0.15) is 0 Å². The fraction of sp³-hybridized carbons (Fsp3) is 1.00. The summed E-state index contributed by atoms with van der Waals surface area (Å²) in [4.78, 5) is 0. The molecule has 2 unspecified atom stereocenters. The highest BCUT2D eigenvalue weighted by atomic mass is 32.2. The fourth-order valence-corrected chi connectivity index (χ4v) is 4.40. The van der Waals surface area contributed by atoms with Gasteiger partial charge in [0, 0.05) is 13.2 Å². The molecule has 1 aliphatic carbocycles. The van der Waals surface area contributed by atoms with Crippen LogP contribution >= 0.6 is 0 Å². The summed E-state index contributed by atoms with van der Waals surface area (Å²) in [5.74, 6) is 0.0813. The van der Waals surface area contributed by atoms with Crippen molar-refractivity contribution in [3.8, 4) is 0 Å². The molecule has 1 fully saturated rings. The molecule has 1 saturated carbocycles. The van der Waals surface area contributed by atoms with E-state index in [1.807, 2.05) is 0 Å². The van der Waals surface area contributed by atoms with Crippen LogP contribution in [0, 0.1) is 5.41 Å². The summed E-state index contributed by atoms with van der Waals surface area (Å²) in [5, 5.41) is -0.397. The van der Waals surface area contributed by atoms with E-state index in [1.165, 1.54) is 7.11 Å². The molecular formula is C11H23NO3S. The van der Waals surface area contributed by atoms with Gasteiger partial charge in [-0.15, -0.1) is 0 Å². The molecule has 0 aromatic rings. The third-order valence-corrected chi connectivity index (χ3v) is 5.83. The first-order valence-corrected chi connectivity index (χ1v) is 7.49. The van der Waals surface area contributed by atoms with Gasteiger partial charge in [-0.05, 0) is 18.3 Å². The van der Waals surface area contributed by atoms with Gasteiger partial charge < -0.3 is 10.5 Å². The first-order valence-electron chi connectivity index (χ1n) is 5.77. The second-order valence-corrected chi connectivity index (χ2v) is 7.64. The molecule has 4 nitrogen and oxygen atoms in total. The summed E-state index contributed by atoms with van der Waals surface area (Å²) in [6, 6.07) is -0.261. The maximum atomic E-state index is 12.1. The topological polar surface area (TPSA) is 69.4 Å². The van der Waals surface area contributed by atoms with E-state index in [1.54, 1.807) is 0 Å². The lowest BCUT2D eigenvalue weighted by Gasteiger charge is -2.41. The van der Waals surface area contributed by atoms with Gasteiger partial charge in [0.1, 0.15) is 0 Å². The average molecular weight is 249 g/mol. The van der Waals surface area contributed by atoms with Gasteiger partial charge in [-0.25, -0.2) is 8.42 Å². The molecule has 0 aromatic heterocycles. The largest absolute Gasteiger partial charge is 0.384 e. The van der Waals surface area contributed by atoms with Gasteiger partial charge in [-0.1, -0.05) is 20.3 Å². The second-order valence-electron chi connectivity index (χ2n) is 5.30. The third-order valence-electron chi connectivity index (χ3n) is 3.65. The summed E-state index contributed by atoms with van der Waals surface area (Å²) in [6.07, 6.45) is 2.64. The van der Waals surface area contributed by atoms with Crippen molar-refractivity contribution in [3.63, 3.8) is 0 Å². The minimum Gasteiger partial charge on any atom is -0.384 e. The van der Waals surface area contributed by atoms with Crippen molar-refractivity contribution < 1.29 is 13.2 Å². The Balaban J connectivity index is 2.79. The van der Waals surface area contributed by atoms with Crippen LogP contribution in [-0.2, 0) is 14.6 Å². The summed E-state index contributed by atoms with van der Waals surface area (Å²) in [7, 11) is -1.60. The minimum atomic E-state index is -3.12. The SMILES string of the molecule is COCCS(=O)(=O)C1CCCC(C)(C)C1N. The van der Waals surface area contributed by atoms with Crippen LogP contribution in [0.1, 0.15) is 33.1 Å². The molecule has 0 heterocycles. The fourth-order valence-electron chi connectivity index (χ4n) is 2.36. The normalized spacial score (nSPS) is 30.2. The molecule has 0 aliphatic heterocycles. The van der Waals surface area contributed by atoms with Gasteiger partial charge in [0.05, 0.1) is 17.6 Å². The maximum Gasteiger partial charge on any atom is 0.156 e. The molecule has 0 aromatic carbocycles. The number of rotatable bonds is 4. The van der Waals surface area contributed by atoms with Gasteiger partial charge in [0.25, 0.3) is 0 Å². The Morgan fingerprint density at radius 3 is 2.62 bits per heavy atom. The Labute approximate surface area is 98.5 Å². The highest BCUT2D eigenvalue weighted by Gasteiger charge is 2.42. The first-order chi connectivity index (χ1) is 7.31. The predicted molar refractivity (Wildman–Crippen MR) is 65.1 cm³/mol. The van der Waals surface area contributed by atoms with Crippen LogP contribution in [0.4, 0.5) is 0 Å². The van der Waals surface area contributed by atoms with E-state index in [-0.39, 0.29) is 23.8 Å². The van der Waals surface area contributed by atoms with Crippen LogP contribution in [0.5, 0.6) is 0 Å². The van der Waals surface area contributed by atoms with Crippen molar-refractivity contribution in [2.24, 2.45) is 11.1 Å². The lowest BCUT2D eigenvalue weighted by molar-refractivity contribution is 0.200. The van der Waals surface area contributed by atoms with Crippen LogP contribution in [0.15, 0.2) is 0 Å². The zero-order valence-electron chi connectivity index (χ0n) is 10.4. The van der Waals surface area contributed by atoms with Crippen LogP contribution in [-0.4, -0.2) is 39.2 Å². The number of sulfone groups is 1. The zero-order chi connectivity index (χ0) is 12.4. The molecule has 2 atom stereocenters. The van der Waals surface area contributed by atoms with Gasteiger partial charge in [-0.3, -0.25) is 0 Å². The number of ether oxygens (including phenoxy) is 1. The lowest BCUT2D eigenvalue weighted by atomic mass is 9.73. The second kappa shape index (κ2) is 5.02. The molecule has 0 radical (unpaired) electrons. The number of methoxy groups -OCH3 is 1. The summed E-state index contributed by atoms with van der Waals surface area (Å²) in [6.45, 7) is 4.36. The molecule has 2 N–H and O–H groups in total. The monoisotopic (exact) mass is 249 g/mol. The Hall–Kier alpha value is -0.130. The molecule has 16 heavy (non-hydrogen) atoms. The van der Waals surface area contributed by atoms with Crippen LogP contribution in [0.3, 0.4) is 0 Å². The van der Waals surface area contributed by atoms with Crippen LogP contribution in [0.25, 0.3) is 0 Å². The molecule has 0 bridgehead atoms. The zero-order valence-corrected chi connectivity index (χ0v) is 11.2. The Bertz CT molecular complexity index is 324. The number of hydrogen-bond acceptors (Lipinski definition) is 4. The van der Waals surface area contributed by atoms with Crippen molar-refractivity contribution in [2.75, 3.05) is 19.5 Å². The summed E-state index contributed by atoms with van der Waals surface area (Å²) < 4.78 is 29.0. The average Bonchev–Trinajstić information content (AvgIpc) is 2.19. The van der Waals surface area contributed by atoms with Gasteiger partial charge in [0.2, 0.25) is 0 Å². The van der Waals surface area contributed by atoms with Crippen molar-refractivity contribution in [2.45, 2.75) is 44.4 Å². The van der Waals surface area contributed by atoms with Crippen molar-refractivity contribution in [1.82, 2.24) is 0 Å². The smallest absolute Gasteiger partial charge is 0.156 e. The highest BCUT2D eigenvalue weighted by molar-refractivity contribution is 7.92. The van der Waals surface area contributed by atoms with E-state index in [2.05, 4.69) is 13.8 Å². The van der Waals surface area contributed by atoms with Crippen molar-refractivity contribution in [3.05, 3.63) is 0 Å². The predicted octanol–water partition coefficient (Wildman–Crippen LogP) is 0.954. The lowest BCUT2D eigenvalue weighted by Crippen LogP contribution is -2.53. The third kappa shape index (κ3) is 2.96. The molecule has 5 heteroatoms. The Kier molecular flexibility index (Phi) is 4.37. The van der Waals surface area contributed by atoms with E-state index in [0.29, 0.717) is 6.42 Å². The first kappa shape index (κ1) is 13.9. The van der Waals surface area contributed by atoms with Gasteiger partial charge >= 0.3 is 0 Å². The van der Waals surface area contributed by atoms with Crippen molar-refractivity contribution >= 4 is 9.84 Å². The van der Waals surface area contributed by atoms with E-state index in [0.717, 1.165) is 12.8 Å². The molecule has 0 saturated heterocycles. The van der Waals surface area contributed by atoms with E-state index < -0.39 is 15.1 Å². The molecule has 1 rings (SSSR count). The highest BCUT2D eigenvalue weighted by Crippen LogP contribution is 2.37. The molecule has 0 spiro atoms. The molecular weight excluding hydrogens is 226 g/mol. The summed E-state index contributed by atoms with van der Waals surface area (Å²) in [5.41, 5.74) is 6.01. The van der Waals surface area contributed by atoms with E-state index >= 15 is 0 Å². The van der Waals surface area contributed by atoms with E-state index in [9.17, 15) is 8.42 Å². The van der Waals surface area contributed by atoms with Crippen LogP contribution in [0.2, 0.25) is 0 Å². The standard InChI is InChI=1S/C11H23NO3S/c1-11(2)6-4-5-9(10(11)12)16(13,14)8-7-15-3/h9-10H,4-8,12H2,1-3H3. The minimum absolute atomic E-state index is 0.0803. The van der Waals surface area contributed by atoms with E-state index in [4.69, 9.17) is 10.5 Å². The van der Waals surface area contributed by atoms with Crippen LogP contribution < -0.4 is 5.73 Å². The Morgan fingerprint density at radius 2 is 2.06 bits per heavy atom. The molecule has 1 aliphatic rings.